The van der Waals surface area contributed by atoms with E-state index in [2.05, 4.69) is 39.5 Å². The molecule has 0 aromatic heterocycles. The smallest absolute Gasteiger partial charge is 0.0656 e. The largest absolute Gasteiger partial charge is 0.198 e. The van der Waals surface area contributed by atoms with Crippen LogP contribution in [0.25, 0.3) is 0 Å². The van der Waals surface area contributed by atoms with Crippen LogP contribution in [0.15, 0.2) is 23.8 Å². The summed E-state index contributed by atoms with van der Waals surface area (Å²) in [6.07, 6.45) is 4.24. The van der Waals surface area contributed by atoms with Crippen LogP contribution in [0.3, 0.4) is 0 Å². The predicted molar refractivity (Wildman–Crippen MR) is 64.2 cm³/mol. The van der Waals surface area contributed by atoms with Gasteiger partial charge in [0.15, 0.2) is 0 Å². The van der Waals surface area contributed by atoms with Crippen molar-refractivity contribution in [3.05, 3.63) is 23.8 Å². The van der Waals surface area contributed by atoms with Crippen LogP contribution in [0, 0.1) is 28.6 Å². The molecule has 1 aliphatic carbocycles. The summed E-state index contributed by atoms with van der Waals surface area (Å²) in [5.41, 5.74) is 2.92. The van der Waals surface area contributed by atoms with Crippen LogP contribution in [0.2, 0.25) is 0 Å². The maximum Gasteiger partial charge on any atom is 0.0656 e. The summed E-state index contributed by atoms with van der Waals surface area (Å²) in [6.45, 7) is 12.9. The number of nitrogens with zero attached hydrogens (tertiary/aromatic N) is 1. The molecule has 0 bridgehead atoms. The summed E-state index contributed by atoms with van der Waals surface area (Å²) in [5, 5.41) is 8.80. The first kappa shape index (κ1) is 12.0. The molecule has 82 valence electrons. The van der Waals surface area contributed by atoms with Crippen molar-refractivity contribution in [1.82, 2.24) is 0 Å². The van der Waals surface area contributed by atoms with Crippen LogP contribution in [-0.2, 0) is 0 Å². The second-order valence-electron chi connectivity index (χ2n) is 5.29. The van der Waals surface area contributed by atoms with Gasteiger partial charge in [-0.1, -0.05) is 37.6 Å². The van der Waals surface area contributed by atoms with Crippen molar-refractivity contribution in [2.75, 3.05) is 0 Å². The van der Waals surface area contributed by atoms with E-state index in [9.17, 15) is 0 Å². The second-order valence-corrected chi connectivity index (χ2v) is 5.29. The molecule has 0 saturated carbocycles. The molecule has 0 saturated heterocycles. The van der Waals surface area contributed by atoms with Gasteiger partial charge in [0.1, 0.15) is 0 Å². The third-order valence-corrected chi connectivity index (χ3v) is 3.83. The van der Waals surface area contributed by atoms with E-state index in [0.29, 0.717) is 5.92 Å². The van der Waals surface area contributed by atoms with Crippen molar-refractivity contribution in [3.8, 4) is 6.07 Å². The Morgan fingerprint density at radius 2 is 2.33 bits per heavy atom. The lowest BCUT2D eigenvalue weighted by Gasteiger charge is -2.31. The second kappa shape index (κ2) is 4.23. The normalized spacial score (nSPS) is 25.5. The fourth-order valence-corrected chi connectivity index (χ4v) is 2.39. The highest BCUT2D eigenvalue weighted by molar-refractivity contribution is 5.25. The summed E-state index contributed by atoms with van der Waals surface area (Å²) in [4.78, 5) is 0. The Hall–Kier alpha value is -1.03. The molecule has 0 fully saturated rings. The minimum Gasteiger partial charge on any atom is -0.198 e. The Balaban J connectivity index is 2.69. The van der Waals surface area contributed by atoms with Crippen molar-refractivity contribution < 1.29 is 0 Å². The lowest BCUT2D eigenvalue weighted by molar-refractivity contribution is 0.326. The first-order valence-electron chi connectivity index (χ1n) is 5.64. The van der Waals surface area contributed by atoms with E-state index < -0.39 is 0 Å². The van der Waals surface area contributed by atoms with Gasteiger partial charge in [-0.15, -0.1) is 0 Å². The average Bonchev–Trinajstić information content (AvgIpc) is 2.41. The molecule has 2 atom stereocenters. The van der Waals surface area contributed by atoms with Crippen LogP contribution in [-0.4, -0.2) is 0 Å². The van der Waals surface area contributed by atoms with Gasteiger partial charge >= 0.3 is 0 Å². The van der Waals surface area contributed by atoms with Crippen LogP contribution in [0.1, 0.15) is 40.5 Å². The van der Waals surface area contributed by atoms with Gasteiger partial charge in [0, 0.05) is 5.92 Å². The molecule has 15 heavy (non-hydrogen) atoms. The maximum atomic E-state index is 8.80. The quantitative estimate of drug-likeness (QED) is 0.634. The van der Waals surface area contributed by atoms with Crippen molar-refractivity contribution in [2.45, 2.75) is 40.5 Å². The molecule has 1 rings (SSSR count). The highest BCUT2D eigenvalue weighted by Gasteiger charge is 2.36. The summed E-state index contributed by atoms with van der Waals surface area (Å²) < 4.78 is 0. The van der Waals surface area contributed by atoms with Gasteiger partial charge in [0.25, 0.3) is 0 Å². The fourth-order valence-electron chi connectivity index (χ4n) is 2.39. The molecule has 0 aromatic carbocycles. The first-order chi connectivity index (χ1) is 6.89. The molecule has 0 radical (unpaired) electrons. The zero-order valence-corrected chi connectivity index (χ0v) is 10.3. The number of nitriles is 1. The lowest BCUT2D eigenvalue weighted by Crippen LogP contribution is -2.22. The highest BCUT2D eigenvalue weighted by Crippen LogP contribution is 2.47. The van der Waals surface area contributed by atoms with Gasteiger partial charge < -0.3 is 0 Å². The van der Waals surface area contributed by atoms with E-state index in [1.165, 1.54) is 11.1 Å². The molecule has 1 heteroatoms. The number of hydrogen-bond donors (Lipinski definition) is 0. The first-order valence-corrected chi connectivity index (χ1v) is 5.64. The number of hydrogen-bond acceptors (Lipinski definition) is 1. The van der Waals surface area contributed by atoms with E-state index in [-0.39, 0.29) is 11.3 Å². The van der Waals surface area contributed by atoms with E-state index in [1.54, 1.807) is 0 Å². The van der Waals surface area contributed by atoms with Crippen LogP contribution >= 0.6 is 0 Å². The predicted octanol–water partition coefficient (Wildman–Crippen LogP) is 4.08. The van der Waals surface area contributed by atoms with Crippen LogP contribution in [0.4, 0.5) is 0 Å². The van der Waals surface area contributed by atoms with E-state index >= 15 is 0 Å². The Morgan fingerprint density at radius 1 is 1.73 bits per heavy atom. The third-order valence-electron chi connectivity index (χ3n) is 3.83. The molecule has 0 spiro atoms. The lowest BCUT2D eigenvalue weighted by atomic mass is 9.73. The topological polar surface area (TPSA) is 23.8 Å². The van der Waals surface area contributed by atoms with Gasteiger partial charge in [0.05, 0.1) is 6.07 Å². The Labute approximate surface area is 93.5 Å². The van der Waals surface area contributed by atoms with Gasteiger partial charge in [0.2, 0.25) is 0 Å². The molecule has 0 N–H and O–H groups in total. The van der Waals surface area contributed by atoms with Gasteiger partial charge in [-0.2, -0.15) is 5.26 Å². The van der Waals surface area contributed by atoms with Gasteiger partial charge in [-0.25, -0.2) is 0 Å². The SMILES string of the molecule is C=C(CC(C)C#N)[C@H]1CC=C(C)C1(C)C. The van der Waals surface area contributed by atoms with Crippen molar-refractivity contribution >= 4 is 0 Å². The summed E-state index contributed by atoms with van der Waals surface area (Å²) in [6, 6.07) is 2.28. The summed E-state index contributed by atoms with van der Waals surface area (Å²) >= 11 is 0. The van der Waals surface area contributed by atoms with Crippen molar-refractivity contribution in [3.63, 3.8) is 0 Å². The molecule has 1 aliphatic rings. The molecular weight excluding hydrogens is 182 g/mol. The van der Waals surface area contributed by atoms with Gasteiger partial charge in [-0.05, 0) is 38.0 Å². The van der Waals surface area contributed by atoms with Crippen LogP contribution in [0.5, 0.6) is 0 Å². The van der Waals surface area contributed by atoms with E-state index in [1.807, 2.05) is 6.92 Å². The zero-order valence-electron chi connectivity index (χ0n) is 10.3. The van der Waals surface area contributed by atoms with Crippen molar-refractivity contribution in [2.24, 2.45) is 17.3 Å². The standard InChI is InChI=1S/C14H21N/c1-10(9-15)8-11(2)13-7-6-12(3)14(13,4)5/h6,10,13H,2,7-8H2,1,3-5H3/t10?,13-/m1/s1. The fraction of sp³-hybridized carbons (Fsp3) is 0.643. The molecule has 0 heterocycles. The minimum absolute atomic E-state index is 0.0919. The highest BCUT2D eigenvalue weighted by atomic mass is 14.4. The molecule has 1 nitrogen and oxygen atoms in total. The monoisotopic (exact) mass is 203 g/mol. The molecule has 0 aliphatic heterocycles. The number of allylic oxidation sites excluding steroid dienone is 3. The van der Waals surface area contributed by atoms with Crippen molar-refractivity contribution in [1.29, 1.82) is 5.26 Å². The van der Waals surface area contributed by atoms with E-state index in [0.717, 1.165) is 12.8 Å². The Kier molecular flexibility index (Phi) is 3.39. The molecular formula is C14H21N. The Morgan fingerprint density at radius 3 is 2.73 bits per heavy atom. The van der Waals surface area contributed by atoms with E-state index in [4.69, 9.17) is 5.26 Å². The van der Waals surface area contributed by atoms with Crippen LogP contribution < -0.4 is 0 Å². The molecule has 1 unspecified atom stereocenters. The molecule has 0 aromatic rings. The summed E-state index contributed by atoms with van der Waals surface area (Å²) in [7, 11) is 0. The average molecular weight is 203 g/mol. The zero-order chi connectivity index (χ0) is 11.6. The molecule has 0 amide bonds. The summed E-state index contributed by atoms with van der Waals surface area (Å²) in [5.74, 6) is 0.613. The third kappa shape index (κ3) is 2.31. The number of rotatable bonds is 3. The maximum absolute atomic E-state index is 8.80. The van der Waals surface area contributed by atoms with Gasteiger partial charge in [-0.3, -0.25) is 0 Å². The minimum atomic E-state index is 0.0919. The Bertz CT molecular complexity index is 328.